The molecule has 0 fully saturated rings. The van der Waals surface area contributed by atoms with Crippen LogP contribution in [0.1, 0.15) is 20.8 Å². The van der Waals surface area contributed by atoms with E-state index in [4.69, 9.17) is 0 Å². The number of carbonyl (C=O) groups excluding carboxylic acids is 1. The van der Waals surface area contributed by atoms with Gasteiger partial charge in [-0.3, -0.25) is 4.79 Å². The molecule has 6 nitrogen and oxygen atoms in total. The second-order valence-corrected chi connectivity index (χ2v) is 9.13. The van der Waals surface area contributed by atoms with Gasteiger partial charge >= 0.3 is 0 Å². The molecule has 2 rings (SSSR count). The van der Waals surface area contributed by atoms with E-state index in [0.29, 0.717) is 5.69 Å². The fourth-order valence-electron chi connectivity index (χ4n) is 2.24. The largest absolute Gasteiger partial charge is 0.374 e. The Morgan fingerprint density at radius 3 is 2.23 bits per heavy atom. The molecule has 1 amide bonds. The normalized spacial score (nSPS) is 12.7. The number of sulfonamides is 1. The zero-order valence-corrected chi connectivity index (χ0v) is 17.8. The Balaban J connectivity index is 2.00. The second-order valence-electron chi connectivity index (χ2n) is 6.17. The zero-order chi connectivity index (χ0) is 19.3. The van der Waals surface area contributed by atoms with E-state index in [1.165, 1.54) is 12.1 Å². The van der Waals surface area contributed by atoms with Gasteiger partial charge in [0, 0.05) is 21.0 Å². The molecule has 0 heterocycles. The van der Waals surface area contributed by atoms with Crippen molar-refractivity contribution < 1.29 is 13.2 Å². The smallest absolute Gasteiger partial charge is 0.246 e. The van der Waals surface area contributed by atoms with E-state index < -0.39 is 16.1 Å². The van der Waals surface area contributed by atoms with Crippen LogP contribution in [0.3, 0.4) is 0 Å². The molecule has 0 aliphatic rings. The maximum absolute atomic E-state index is 12.3. The minimum absolute atomic E-state index is 0.161. The van der Waals surface area contributed by atoms with Gasteiger partial charge in [0.05, 0.1) is 4.90 Å². The fourth-order valence-corrected chi connectivity index (χ4v) is 4.03. The third-order valence-corrected chi connectivity index (χ3v) is 5.77. The third kappa shape index (κ3) is 5.96. The topological polar surface area (TPSA) is 87.3 Å². The standard InChI is InChI=1S/C18H22IN3O3S/c1-12(2)22-26(24,25)17-9-7-15(8-10-17)21-18(23)13(3)20-16-6-4-5-14(19)11-16/h4-13,20,22H,1-3H3,(H,21,23). The van der Waals surface area contributed by atoms with Crippen LogP contribution < -0.4 is 15.4 Å². The quantitative estimate of drug-likeness (QED) is 0.523. The molecule has 26 heavy (non-hydrogen) atoms. The van der Waals surface area contributed by atoms with Gasteiger partial charge < -0.3 is 10.6 Å². The summed E-state index contributed by atoms with van der Waals surface area (Å²) in [5.74, 6) is -0.209. The Hall–Kier alpha value is -1.65. The molecular weight excluding hydrogens is 465 g/mol. The minimum Gasteiger partial charge on any atom is -0.374 e. The van der Waals surface area contributed by atoms with Crippen LogP contribution in [0.15, 0.2) is 53.4 Å². The van der Waals surface area contributed by atoms with Crippen LogP contribution >= 0.6 is 22.6 Å². The summed E-state index contributed by atoms with van der Waals surface area (Å²) in [5, 5.41) is 5.91. The van der Waals surface area contributed by atoms with Gasteiger partial charge in [-0.2, -0.15) is 0 Å². The van der Waals surface area contributed by atoms with E-state index in [1.54, 1.807) is 32.9 Å². The highest BCUT2D eigenvalue weighted by Crippen LogP contribution is 2.16. The monoisotopic (exact) mass is 487 g/mol. The predicted molar refractivity (Wildman–Crippen MR) is 113 cm³/mol. The van der Waals surface area contributed by atoms with Gasteiger partial charge in [0.1, 0.15) is 6.04 Å². The molecule has 1 atom stereocenters. The lowest BCUT2D eigenvalue weighted by Crippen LogP contribution is -2.32. The molecule has 0 aromatic heterocycles. The summed E-state index contributed by atoms with van der Waals surface area (Å²) in [6.07, 6.45) is 0. The summed E-state index contributed by atoms with van der Waals surface area (Å²) in [7, 11) is -3.54. The zero-order valence-electron chi connectivity index (χ0n) is 14.8. The molecule has 0 saturated carbocycles. The first-order valence-electron chi connectivity index (χ1n) is 8.13. The van der Waals surface area contributed by atoms with Crippen LogP contribution in [0.25, 0.3) is 0 Å². The van der Waals surface area contributed by atoms with Crippen molar-refractivity contribution in [2.75, 3.05) is 10.6 Å². The van der Waals surface area contributed by atoms with Crippen molar-refractivity contribution in [1.29, 1.82) is 0 Å². The van der Waals surface area contributed by atoms with Crippen LogP contribution in [0.4, 0.5) is 11.4 Å². The number of amides is 1. The van der Waals surface area contributed by atoms with E-state index >= 15 is 0 Å². The molecular formula is C18H22IN3O3S. The van der Waals surface area contributed by atoms with Crippen molar-refractivity contribution in [3.05, 3.63) is 52.1 Å². The molecule has 140 valence electrons. The van der Waals surface area contributed by atoms with Crippen molar-refractivity contribution in [3.8, 4) is 0 Å². The van der Waals surface area contributed by atoms with Gasteiger partial charge in [-0.25, -0.2) is 13.1 Å². The average Bonchev–Trinajstić information content (AvgIpc) is 2.54. The molecule has 0 spiro atoms. The van der Waals surface area contributed by atoms with E-state index in [2.05, 4.69) is 37.9 Å². The number of rotatable bonds is 7. The molecule has 2 aromatic rings. The highest BCUT2D eigenvalue weighted by molar-refractivity contribution is 14.1. The molecule has 3 N–H and O–H groups in total. The summed E-state index contributed by atoms with van der Waals surface area (Å²) >= 11 is 2.21. The molecule has 1 unspecified atom stereocenters. The first-order valence-corrected chi connectivity index (χ1v) is 10.7. The lowest BCUT2D eigenvalue weighted by Gasteiger charge is -2.16. The summed E-state index contributed by atoms with van der Waals surface area (Å²) in [6.45, 7) is 5.28. The second kappa shape index (κ2) is 8.83. The third-order valence-electron chi connectivity index (χ3n) is 3.42. The molecule has 8 heteroatoms. The number of anilines is 2. The minimum atomic E-state index is -3.54. The van der Waals surface area contributed by atoms with Crippen LogP contribution in [0.5, 0.6) is 0 Å². The van der Waals surface area contributed by atoms with Crippen LogP contribution in [0.2, 0.25) is 0 Å². The van der Waals surface area contributed by atoms with Crippen LogP contribution in [-0.2, 0) is 14.8 Å². The summed E-state index contributed by atoms with van der Waals surface area (Å²) in [5.41, 5.74) is 1.40. The van der Waals surface area contributed by atoms with Crippen LogP contribution in [0, 0.1) is 3.57 Å². The Morgan fingerprint density at radius 1 is 1.00 bits per heavy atom. The molecule has 0 aliphatic carbocycles. The first kappa shape index (κ1) is 20.7. The van der Waals surface area contributed by atoms with E-state index in [-0.39, 0.29) is 16.8 Å². The molecule has 2 aromatic carbocycles. The van der Waals surface area contributed by atoms with Gasteiger partial charge in [0.2, 0.25) is 15.9 Å². The van der Waals surface area contributed by atoms with Gasteiger partial charge in [0.15, 0.2) is 0 Å². The number of hydrogen-bond donors (Lipinski definition) is 3. The summed E-state index contributed by atoms with van der Waals surface area (Å²) in [6, 6.07) is 13.2. The Bertz CT molecular complexity index is 868. The lowest BCUT2D eigenvalue weighted by molar-refractivity contribution is -0.116. The van der Waals surface area contributed by atoms with E-state index in [1.807, 2.05) is 24.3 Å². The average molecular weight is 487 g/mol. The van der Waals surface area contributed by atoms with Gasteiger partial charge in [-0.1, -0.05) is 6.07 Å². The summed E-state index contributed by atoms with van der Waals surface area (Å²) < 4.78 is 27.8. The van der Waals surface area contributed by atoms with Crippen molar-refractivity contribution in [3.63, 3.8) is 0 Å². The van der Waals surface area contributed by atoms with E-state index in [0.717, 1.165) is 9.26 Å². The van der Waals surface area contributed by atoms with Crippen molar-refractivity contribution in [2.24, 2.45) is 0 Å². The van der Waals surface area contributed by atoms with Gasteiger partial charge in [-0.05, 0) is 85.8 Å². The highest BCUT2D eigenvalue weighted by atomic mass is 127. The van der Waals surface area contributed by atoms with Gasteiger partial charge in [0.25, 0.3) is 0 Å². The van der Waals surface area contributed by atoms with Crippen molar-refractivity contribution in [1.82, 2.24) is 4.72 Å². The fraction of sp³-hybridized carbons (Fsp3) is 0.278. The van der Waals surface area contributed by atoms with Crippen molar-refractivity contribution >= 4 is 49.9 Å². The van der Waals surface area contributed by atoms with Gasteiger partial charge in [-0.15, -0.1) is 0 Å². The Kier molecular flexibility index (Phi) is 7.01. The van der Waals surface area contributed by atoms with E-state index in [9.17, 15) is 13.2 Å². The predicted octanol–water partition coefficient (Wildman–Crippen LogP) is 3.42. The number of hydrogen-bond acceptors (Lipinski definition) is 4. The SMILES string of the molecule is CC(C)NS(=O)(=O)c1ccc(NC(=O)C(C)Nc2cccc(I)c2)cc1. The lowest BCUT2D eigenvalue weighted by atomic mass is 10.2. The van der Waals surface area contributed by atoms with Crippen molar-refractivity contribution in [2.45, 2.75) is 37.8 Å². The first-order chi connectivity index (χ1) is 12.2. The maximum atomic E-state index is 12.3. The van der Waals surface area contributed by atoms with Crippen LogP contribution in [-0.4, -0.2) is 26.4 Å². The molecule has 0 bridgehead atoms. The highest BCUT2D eigenvalue weighted by Gasteiger charge is 2.16. The number of halogens is 1. The Labute approximate surface area is 168 Å². The molecule has 0 aliphatic heterocycles. The maximum Gasteiger partial charge on any atom is 0.246 e. The summed E-state index contributed by atoms with van der Waals surface area (Å²) in [4.78, 5) is 12.5. The Morgan fingerprint density at radius 2 is 1.65 bits per heavy atom. The molecule has 0 radical (unpaired) electrons. The number of benzene rings is 2. The number of carbonyl (C=O) groups is 1. The number of nitrogens with one attached hydrogen (secondary N) is 3. The molecule has 0 saturated heterocycles.